The van der Waals surface area contributed by atoms with Crippen molar-refractivity contribution in [2.45, 2.75) is 25.6 Å². The number of alkyl halides is 1. The van der Waals surface area contributed by atoms with Crippen LogP contribution in [0.5, 0.6) is 0 Å². The van der Waals surface area contributed by atoms with E-state index in [4.69, 9.17) is 10.7 Å². The lowest BCUT2D eigenvalue weighted by Gasteiger charge is -2.33. The minimum Gasteiger partial charge on any atom is -0.352 e. The molecule has 0 radical (unpaired) electrons. The first-order valence-corrected chi connectivity index (χ1v) is 9.81. The van der Waals surface area contributed by atoms with Crippen LogP contribution in [0.4, 0.5) is 10.2 Å². The third-order valence-corrected chi connectivity index (χ3v) is 5.16. The van der Waals surface area contributed by atoms with E-state index < -0.39 is 6.17 Å². The van der Waals surface area contributed by atoms with Crippen LogP contribution in [0.15, 0.2) is 49.1 Å². The summed E-state index contributed by atoms with van der Waals surface area (Å²) in [6.45, 7) is 2.77. The Hall–Kier alpha value is -3.46. The fourth-order valence-corrected chi connectivity index (χ4v) is 3.80. The topological polar surface area (TPSA) is 98.6 Å². The number of halogens is 1. The molecule has 0 aliphatic carbocycles. The minimum atomic E-state index is -0.950. The van der Waals surface area contributed by atoms with E-state index in [-0.39, 0.29) is 6.04 Å². The zero-order valence-electron chi connectivity index (χ0n) is 16.5. The second-order valence-corrected chi connectivity index (χ2v) is 7.58. The van der Waals surface area contributed by atoms with E-state index in [1.54, 1.807) is 29.5 Å². The lowest BCUT2D eigenvalue weighted by atomic mass is 10.1. The van der Waals surface area contributed by atoms with Crippen molar-refractivity contribution < 1.29 is 4.39 Å². The molecule has 2 N–H and O–H groups in total. The molecule has 2 unspecified atom stereocenters. The number of anilines is 1. The molecule has 0 bridgehead atoms. The molecule has 1 fully saturated rings. The Morgan fingerprint density at radius 1 is 1.03 bits per heavy atom. The van der Waals surface area contributed by atoms with Crippen molar-refractivity contribution in [2.75, 3.05) is 18.0 Å². The highest BCUT2D eigenvalue weighted by atomic mass is 19.1. The van der Waals surface area contributed by atoms with Crippen molar-refractivity contribution >= 4 is 16.7 Å². The lowest BCUT2D eigenvalue weighted by molar-refractivity contribution is 0.268. The maximum atomic E-state index is 14.0. The molecule has 30 heavy (non-hydrogen) atoms. The van der Waals surface area contributed by atoms with Crippen LogP contribution < -0.4 is 10.6 Å². The molecule has 0 aromatic carbocycles. The van der Waals surface area contributed by atoms with Gasteiger partial charge >= 0.3 is 0 Å². The first-order valence-electron chi connectivity index (χ1n) is 9.81. The van der Waals surface area contributed by atoms with E-state index in [1.165, 1.54) is 0 Å². The van der Waals surface area contributed by atoms with Gasteiger partial charge in [-0.1, -0.05) is 6.07 Å². The van der Waals surface area contributed by atoms with Gasteiger partial charge in [-0.3, -0.25) is 9.97 Å². The highest BCUT2D eigenvalue weighted by molar-refractivity contribution is 5.82. The van der Waals surface area contributed by atoms with Gasteiger partial charge in [0.05, 0.1) is 35.8 Å². The summed E-state index contributed by atoms with van der Waals surface area (Å²) in [5.41, 5.74) is 9.08. The third kappa shape index (κ3) is 3.48. The fraction of sp³-hybridized carbons (Fsp3) is 0.286. The van der Waals surface area contributed by atoms with Crippen LogP contribution in [0, 0.1) is 6.92 Å². The smallest absolute Gasteiger partial charge is 0.156 e. The Balaban J connectivity index is 1.54. The van der Waals surface area contributed by atoms with Gasteiger partial charge < -0.3 is 10.6 Å². The van der Waals surface area contributed by atoms with Gasteiger partial charge in [0.2, 0.25) is 0 Å². The number of rotatable bonds is 3. The van der Waals surface area contributed by atoms with Crippen LogP contribution in [-0.2, 0) is 0 Å². The monoisotopic (exact) mass is 404 g/mol. The quantitative estimate of drug-likeness (QED) is 0.560. The van der Waals surface area contributed by atoms with Crippen LogP contribution in [0.2, 0.25) is 0 Å². The van der Waals surface area contributed by atoms with E-state index in [2.05, 4.69) is 20.1 Å². The van der Waals surface area contributed by atoms with Gasteiger partial charge in [0, 0.05) is 30.4 Å². The summed E-state index contributed by atoms with van der Waals surface area (Å²) in [4.78, 5) is 19.8. The van der Waals surface area contributed by atoms with Gasteiger partial charge in [0.1, 0.15) is 17.7 Å². The highest BCUT2D eigenvalue weighted by Gasteiger charge is 2.26. The van der Waals surface area contributed by atoms with Crippen LogP contribution in [0.1, 0.15) is 12.1 Å². The summed E-state index contributed by atoms with van der Waals surface area (Å²) in [6.07, 6.45) is 6.34. The van der Waals surface area contributed by atoms with E-state index in [0.29, 0.717) is 42.5 Å². The Morgan fingerprint density at radius 2 is 1.90 bits per heavy atom. The van der Waals surface area contributed by atoms with Gasteiger partial charge in [-0.05, 0) is 31.5 Å². The zero-order chi connectivity index (χ0) is 20.7. The summed E-state index contributed by atoms with van der Waals surface area (Å²) < 4.78 is 15.8. The average molecular weight is 404 g/mol. The van der Waals surface area contributed by atoms with Crippen molar-refractivity contribution in [2.24, 2.45) is 5.73 Å². The van der Waals surface area contributed by atoms with E-state index in [0.717, 1.165) is 16.6 Å². The molecule has 2 atom stereocenters. The number of nitrogens with two attached hydrogens (primary N) is 1. The number of pyridine rings is 2. The molecule has 1 aliphatic heterocycles. The van der Waals surface area contributed by atoms with Gasteiger partial charge in [-0.15, -0.1) is 0 Å². The van der Waals surface area contributed by atoms with Crippen molar-refractivity contribution in [3.05, 3.63) is 54.7 Å². The zero-order valence-corrected chi connectivity index (χ0v) is 16.5. The number of hydrogen-bond donors (Lipinski definition) is 1. The standard InChI is InChI=1S/C21H21FN8/c1-13-7-24-10-18(27-13)17-6-19-14(8-25-17)9-26-30(19)21-4-2-3-20(28-21)29-11-15(22)5-16(23)12-29/h2-4,6-10,15-16H,5,11-12,23H2,1H3. The normalized spacial score (nSPS) is 19.4. The van der Waals surface area contributed by atoms with Crippen LogP contribution in [0.3, 0.4) is 0 Å². The fourth-order valence-electron chi connectivity index (χ4n) is 3.80. The summed E-state index contributed by atoms with van der Waals surface area (Å²) in [6, 6.07) is 7.37. The van der Waals surface area contributed by atoms with E-state index in [1.807, 2.05) is 36.1 Å². The summed E-state index contributed by atoms with van der Waals surface area (Å²) in [5.74, 6) is 1.33. The molecule has 0 saturated carbocycles. The molecular formula is C21H21FN8. The number of aryl methyl sites for hydroxylation is 1. The Bertz CT molecular complexity index is 1200. The molecule has 5 heterocycles. The molecule has 152 valence electrons. The Morgan fingerprint density at radius 3 is 2.73 bits per heavy atom. The van der Waals surface area contributed by atoms with Gasteiger partial charge in [-0.2, -0.15) is 5.10 Å². The molecule has 4 aromatic heterocycles. The van der Waals surface area contributed by atoms with E-state index in [9.17, 15) is 4.39 Å². The Kier molecular flexibility index (Phi) is 4.59. The predicted octanol–water partition coefficient (Wildman–Crippen LogP) is 2.46. The molecule has 9 heteroatoms. The first-order chi connectivity index (χ1) is 14.6. The SMILES string of the molecule is Cc1cncc(-c2cc3c(cn2)cnn3-c2cccc(N3CC(N)CC(F)C3)n2)n1. The van der Waals surface area contributed by atoms with E-state index >= 15 is 0 Å². The van der Waals surface area contributed by atoms with Gasteiger partial charge in [0.25, 0.3) is 0 Å². The van der Waals surface area contributed by atoms with Crippen molar-refractivity contribution in [3.8, 4) is 17.2 Å². The van der Waals surface area contributed by atoms with Crippen molar-refractivity contribution in [1.29, 1.82) is 0 Å². The first kappa shape index (κ1) is 18.6. The maximum Gasteiger partial charge on any atom is 0.156 e. The number of piperidine rings is 1. The van der Waals surface area contributed by atoms with Crippen molar-refractivity contribution in [1.82, 2.24) is 29.7 Å². The average Bonchev–Trinajstić information content (AvgIpc) is 3.16. The van der Waals surface area contributed by atoms with Crippen LogP contribution >= 0.6 is 0 Å². The molecule has 0 amide bonds. The van der Waals surface area contributed by atoms with Crippen LogP contribution in [0.25, 0.3) is 28.1 Å². The second-order valence-electron chi connectivity index (χ2n) is 7.58. The summed E-state index contributed by atoms with van der Waals surface area (Å²) in [7, 11) is 0. The molecule has 1 aliphatic rings. The molecule has 5 rings (SSSR count). The minimum absolute atomic E-state index is 0.200. The third-order valence-electron chi connectivity index (χ3n) is 5.16. The Labute approximate surface area is 172 Å². The molecule has 4 aromatic rings. The molecule has 0 spiro atoms. The van der Waals surface area contributed by atoms with Gasteiger partial charge in [0.15, 0.2) is 5.82 Å². The molecule has 1 saturated heterocycles. The number of aromatic nitrogens is 6. The highest BCUT2D eigenvalue weighted by Crippen LogP contribution is 2.24. The molecular weight excluding hydrogens is 383 g/mol. The van der Waals surface area contributed by atoms with Crippen molar-refractivity contribution in [3.63, 3.8) is 0 Å². The maximum absolute atomic E-state index is 14.0. The van der Waals surface area contributed by atoms with Crippen LogP contribution in [-0.4, -0.2) is 55.0 Å². The number of fused-ring (bicyclic) bond motifs is 1. The number of nitrogens with zero attached hydrogens (tertiary/aromatic N) is 7. The second kappa shape index (κ2) is 7.42. The summed E-state index contributed by atoms with van der Waals surface area (Å²) >= 11 is 0. The van der Waals surface area contributed by atoms with Gasteiger partial charge in [-0.25, -0.2) is 19.0 Å². The molecule has 8 nitrogen and oxygen atoms in total. The predicted molar refractivity (Wildman–Crippen MR) is 112 cm³/mol. The largest absolute Gasteiger partial charge is 0.352 e. The summed E-state index contributed by atoms with van der Waals surface area (Å²) in [5, 5.41) is 5.38. The lowest BCUT2D eigenvalue weighted by Crippen LogP contribution is -2.48. The number of hydrogen-bond acceptors (Lipinski definition) is 7.